The Balaban J connectivity index is 1.44. The van der Waals surface area contributed by atoms with Gasteiger partial charge >= 0.3 is 0 Å². The van der Waals surface area contributed by atoms with Crippen molar-refractivity contribution in [3.05, 3.63) is 89.5 Å². The number of carbonyl (C=O) groups excluding carboxylic acids is 2. The van der Waals surface area contributed by atoms with Crippen LogP contribution in [-0.4, -0.2) is 18.4 Å². The van der Waals surface area contributed by atoms with Crippen LogP contribution in [0.5, 0.6) is 5.75 Å². The highest BCUT2D eigenvalue weighted by Gasteiger charge is 2.27. The number of benzene rings is 3. The molecule has 3 aromatic carbocycles. The maximum Gasteiger partial charge on any atom is 0.258 e. The minimum Gasteiger partial charge on any atom is -0.494 e. The van der Waals surface area contributed by atoms with Crippen molar-refractivity contribution in [2.45, 2.75) is 19.9 Å². The van der Waals surface area contributed by atoms with Crippen molar-refractivity contribution >= 4 is 23.2 Å². The quantitative estimate of drug-likeness (QED) is 0.656. The van der Waals surface area contributed by atoms with Crippen LogP contribution < -0.4 is 15.0 Å². The molecule has 146 valence electrons. The highest BCUT2D eigenvalue weighted by molar-refractivity contribution is 6.10. The summed E-state index contributed by atoms with van der Waals surface area (Å²) < 4.78 is 5.59. The molecule has 5 nitrogen and oxygen atoms in total. The number of fused-ring (bicyclic) bond motifs is 1. The van der Waals surface area contributed by atoms with E-state index in [9.17, 15) is 9.59 Å². The molecule has 4 rings (SSSR count). The van der Waals surface area contributed by atoms with E-state index in [2.05, 4.69) is 5.32 Å². The van der Waals surface area contributed by atoms with E-state index in [-0.39, 0.29) is 11.8 Å². The Bertz CT molecular complexity index is 1040. The number of carbonyl (C=O) groups is 2. The molecule has 5 heteroatoms. The molecule has 29 heavy (non-hydrogen) atoms. The fraction of sp³-hybridized carbons (Fsp3) is 0.167. The molecule has 1 aliphatic rings. The van der Waals surface area contributed by atoms with Crippen LogP contribution in [0.4, 0.5) is 11.4 Å². The number of hydrogen-bond donors (Lipinski definition) is 1. The molecule has 0 bridgehead atoms. The molecular weight excluding hydrogens is 364 g/mol. The summed E-state index contributed by atoms with van der Waals surface area (Å²) >= 11 is 0. The Labute approximate surface area is 169 Å². The first-order valence-corrected chi connectivity index (χ1v) is 9.70. The van der Waals surface area contributed by atoms with E-state index in [4.69, 9.17) is 4.74 Å². The Morgan fingerprint density at radius 1 is 1.03 bits per heavy atom. The van der Waals surface area contributed by atoms with Crippen LogP contribution in [0.25, 0.3) is 0 Å². The third-order valence-electron chi connectivity index (χ3n) is 4.83. The van der Waals surface area contributed by atoms with Crippen LogP contribution in [0.3, 0.4) is 0 Å². The van der Waals surface area contributed by atoms with Crippen LogP contribution >= 0.6 is 0 Å². The van der Waals surface area contributed by atoms with Crippen molar-refractivity contribution in [1.29, 1.82) is 0 Å². The van der Waals surface area contributed by atoms with Crippen LogP contribution in [0.1, 0.15) is 39.6 Å². The van der Waals surface area contributed by atoms with Crippen molar-refractivity contribution in [2.75, 3.05) is 16.8 Å². The van der Waals surface area contributed by atoms with Crippen LogP contribution in [0.2, 0.25) is 0 Å². The molecule has 1 heterocycles. The molecule has 0 radical (unpaired) electrons. The number of anilines is 2. The smallest absolute Gasteiger partial charge is 0.258 e. The van der Waals surface area contributed by atoms with Gasteiger partial charge in [0.1, 0.15) is 5.75 Å². The lowest BCUT2D eigenvalue weighted by molar-refractivity contribution is 0.0994. The Morgan fingerprint density at radius 3 is 2.59 bits per heavy atom. The van der Waals surface area contributed by atoms with E-state index >= 15 is 0 Å². The summed E-state index contributed by atoms with van der Waals surface area (Å²) in [5.74, 6) is 0.479. The van der Waals surface area contributed by atoms with Gasteiger partial charge in [-0.3, -0.25) is 9.59 Å². The number of nitrogens with zero attached hydrogens (tertiary/aromatic N) is 1. The number of nitrogens with one attached hydrogen (secondary N) is 1. The molecule has 0 saturated carbocycles. The van der Waals surface area contributed by atoms with Crippen LogP contribution in [0.15, 0.2) is 72.8 Å². The van der Waals surface area contributed by atoms with Crippen molar-refractivity contribution in [1.82, 2.24) is 0 Å². The van der Waals surface area contributed by atoms with E-state index in [1.807, 2.05) is 49.4 Å². The number of ether oxygens (including phenoxy) is 1. The van der Waals surface area contributed by atoms with Gasteiger partial charge in [0.2, 0.25) is 0 Å². The second kappa shape index (κ2) is 8.19. The first kappa shape index (κ1) is 18.7. The standard InChI is InChI=1S/C24H22N2O3/c1-2-14-29-21-8-5-7-17(15-21)23(27)25-19-10-12-20(13-11-19)26-16-18-6-3-4-9-22(18)24(26)28/h3-13,15H,2,14,16H2,1H3,(H,25,27). The normalized spacial score (nSPS) is 12.6. The molecule has 0 unspecified atom stereocenters. The maximum atomic E-state index is 12.6. The Morgan fingerprint density at radius 2 is 1.83 bits per heavy atom. The van der Waals surface area contributed by atoms with E-state index in [0.717, 1.165) is 23.2 Å². The molecule has 2 amide bonds. The third-order valence-corrected chi connectivity index (χ3v) is 4.83. The largest absolute Gasteiger partial charge is 0.494 e. The summed E-state index contributed by atoms with van der Waals surface area (Å²) in [6.07, 6.45) is 0.910. The molecule has 0 spiro atoms. The van der Waals surface area contributed by atoms with Crippen molar-refractivity contribution < 1.29 is 14.3 Å². The van der Waals surface area contributed by atoms with Gasteiger partial charge < -0.3 is 15.0 Å². The van der Waals surface area contributed by atoms with E-state index in [1.165, 1.54) is 0 Å². The van der Waals surface area contributed by atoms with Gasteiger partial charge in [0.25, 0.3) is 11.8 Å². The molecule has 1 aliphatic heterocycles. The molecular formula is C24H22N2O3. The van der Waals surface area contributed by atoms with E-state index in [1.54, 1.807) is 35.2 Å². The second-order valence-corrected chi connectivity index (χ2v) is 6.93. The zero-order chi connectivity index (χ0) is 20.2. The van der Waals surface area contributed by atoms with Gasteiger partial charge in [-0.05, 0) is 60.5 Å². The van der Waals surface area contributed by atoms with E-state index in [0.29, 0.717) is 30.2 Å². The van der Waals surface area contributed by atoms with Gasteiger partial charge in [0.05, 0.1) is 13.2 Å². The topological polar surface area (TPSA) is 58.6 Å². The second-order valence-electron chi connectivity index (χ2n) is 6.93. The maximum absolute atomic E-state index is 12.6. The van der Waals surface area contributed by atoms with Crippen LogP contribution in [0, 0.1) is 0 Å². The van der Waals surface area contributed by atoms with Gasteiger partial charge in [0.15, 0.2) is 0 Å². The summed E-state index contributed by atoms with van der Waals surface area (Å²) in [6, 6.07) is 22.1. The zero-order valence-corrected chi connectivity index (χ0v) is 16.2. The SMILES string of the molecule is CCCOc1cccc(C(=O)Nc2ccc(N3Cc4ccccc4C3=O)cc2)c1. The molecule has 1 N–H and O–H groups in total. The van der Waals surface area contributed by atoms with Crippen molar-refractivity contribution in [2.24, 2.45) is 0 Å². The Hall–Kier alpha value is -3.60. The highest BCUT2D eigenvalue weighted by atomic mass is 16.5. The van der Waals surface area contributed by atoms with Crippen molar-refractivity contribution in [3.63, 3.8) is 0 Å². The highest BCUT2D eigenvalue weighted by Crippen LogP contribution is 2.29. The molecule has 0 saturated heterocycles. The fourth-order valence-corrected chi connectivity index (χ4v) is 3.34. The minimum absolute atomic E-state index is 0.00118. The summed E-state index contributed by atoms with van der Waals surface area (Å²) in [4.78, 5) is 26.9. The van der Waals surface area contributed by atoms with Gasteiger partial charge in [-0.25, -0.2) is 0 Å². The first-order chi connectivity index (χ1) is 14.2. The summed E-state index contributed by atoms with van der Waals surface area (Å²) in [5, 5.41) is 2.89. The summed E-state index contributed by atoms with van der Waals surface area (Å²) in [6.45, 7) is 3.21. The number of rotatable bonds is 6. The number of hydrogen-bond acceptors (Lipinski definition) is 3. The van der Waals surface area contributed by atoms with Gasteiger partial charge in [0, 0.05) is 22.5 Å². The summed E-state index contributed by atoms with van der Waals surface area (Å²) in [5.41, 5.74) is 3.78. The zero-order valence-electron chi connectivity index (χ0n) is 16.2. The molecule has 0 aromatic heterocycles. The van der Waals surface area contributed by atoms with Gasteiger partial charge in [-0.2, -0.15) is 0 Å². The monoisotopic (exact) mass is 386 g/mol. The molecule has 0 fully saturated rings. The van der Waals surface area contributed by atoms with Gasteiger partial charge in [-0.15, -0.1) is 0 Å². The average molecular weight is 386 g/mol. The lowest BCUT2D eigenvalue weighted by atomic mass is 10.1. The van der Waals surface area contributed by atoms with Crippen LogP contribution in [-0.2, 0) is 6.54 Å². The molecule has 0 atom stereocenters. The predicted octanol–water partition coefficient (Wildman–Crippen LogP) is 4.89. The molecule has 3 aromatic rings. The summed E-state index contributed by atoms with van der Waals surface area (Å²) in [7, 11) is 0. The fourth-order valence-electron chi connectivity index (χ4n) is 3.34. The Kier molecular flexibility index (Phi) is 5.29. The average Bonchev–Trinajstić information content (AvgIpc) is 3.10. The van der Waals surface area contributed by atoms with Crippen molar-refractivity contribution in [3.8, 4) is 5.75 Å². The third kappa shape index (κ3) is 3.99. The predicted molar refractivity (Wildman–Crippen MR) is 114 cm³/mol. The lowest BCUT2D eigenvalue weighted by Crippen LogP contribution is -2.22. The van der Waals surface area contributed by atoms with Gasteiger partial charge in [-0.1, -0.05) is 31.2 Å². The minimum atomic E-state index is -0.204. The first-order valence-electron chi connectivity index (χ1n) is 9.70. The number of amides is 2. The lowest BCUT2D eigenvalue weighted by Gasteiger charge is -2.16. The van der Waals surface area contributed by atoms with E-state index < -0.39 is 0 Å². The molecule has 0 aliphatic carbocycles.